The third-order valence-electron chi connectivity index (χ3n) is 10.1. The minimum atomic E-state index is -0.0558. The summed E-state index contributed by atoms with van der Waals surface area (Å²) in [6, 6.07) is 60.3. The minimum Gasteiger partial charge on any atom is -0.361 e. The summed E-state index contributed by atoms with van der Waals surface area (Å²) in [5.74, 6) is 0. The van der Waals surface area contributed by atoms with E-state index in [0.29, 0.717) is 0 Å². The molecule has 0 fully saturated rings. The zero-order valence-electron chi connectivity index (χ0n) is 25.3. The second-order valence-electron chi connectivity index (χ2n) is 12.5. The van der Waals surface area contributed by atoms with Crippen LogP contribution in [0.5, 0.6) is 0 Å². The molecule has 7 aromatic rings. The van der Waals surface area contributed by atoms with Crippen LogP contribution in [-0.2, 0) is 6.42 Å². The summed E-state index contributed by atoms with van der Waals surface area (Å²) < 4.78 is 0. The van der Waals surface area contributed by atoms with Crippen molar-refractivity contribution in [3.63, 3.8) is 0 Å². The van der Waals surface area contributed by atoms with E-state index in [1.807, 2.05) is 0 Å². The highest BCUT2D eigenvalue weighted by molar-refractivity contribution is 6.86. The average molecular weight is 585 g/mol. The molecule has 3 aliphatic rings. The van der Waals surface area contributed by atoms with E-state index < -0.39 is 0 Å². The van der Waals surface area contributed by atoms with Crippen LogP contribution in [0.25, 0.3) is 44.5 Å². The van der Waals surface area contributed by atoms with Gasteiger partial charge in [-0.2, -0.15) is 0 Å². The third kappa shape index (κ3) is 3.60. The predicted molar refractivity (Wildman–Crippen MR) is 194 cm³/mol. The Kier molecular flexibility index (Phi) is 5.47. The van der Waals surface area contributed by atoms with Gasteiger partial charge in [-0.15, -0.1) is 0 Å². The molecule has 0 amide bonds. The number of benzene rings is 7. The SMILES string of the molecule is c1ccc(N2B3c4c(cccc4-c4ccccc4N3c3ccc(-c4cccc5c4Cc4ccccc4-5)cc3)-c3ccccc32)cc1. The molecule has 2 aliphatic heterocycles. The van der Waals surface area contributed by atoms with Gasteiger partial charge in [0.2, 0.25) is 0 Å². The number of nitrogens with zero attached hydrogens (tertiary/aromatic N) is 2. The van der Waals surface area contributed by atoms with Crippen molar-refractivity contribution in [2.24, 2.45) is 0 Å². The average Bonchev–Trinajstić information content (AvgIpc) is 3.51. The van der Waals surface area contributed by atoms with Gasteiger partial charge in [0.25, 0.3) is 0 Å². The summed E-state index contributed by atoms with van der Waals surface area (Å²) in [6.07, 6.45) is 0.982. The predicted octanol–water partition coefficient (Wildman–Crippen LogP) is 10.3. The highest BCUT2D eigenvalue weighted by atomic mass is 15.2. The summed E-state index contributed by atoms with van der Waals surface area (Å²) in [5, 5.41) is 0. The van der Waals surface area contributed by atoms with E-state index in [1.54, 1.807) is 0 Å². The number of hydrogen-bond acceptors (Lipinski definition) is 2. The highest BCUT2D eigenvalue weighted by Crippen LogP contribution is 2.49. The molecular weight excluding hydrogens is 555 g/mol. The molecule has 46 heavy (non-hydrogen) atoms. The van der Waals surface area contributed by atoms with Crippen molar-refractivity contribution < 1.29 is 0 Å². The first kappa shape index (κ1) is 25.5. The van der Waals surface area contributed by atoms with Crippen LogP contribution in [0.15, 0.2) is 164 Å². The molecule has 0 N–H and O–H groups in total. The lowest BCUT2D eigenvalue weighted by Crippen LogP contribution is -2.61. The Balaban J connectivity index is 1.17. The van der Waals surface area contributed by atoms with E-state index in [2.05, 4.69) is 173 Å². The Morgan fingerprint density at radius 3 is 1.54 bits per heavy atom. The van der Waals surface area contributed by atoms with Crippen LogP contribution in [0.2, 0.25) is 0 Å². The van der Waals surface area contributed by atoms with E-state index in [-0.39, 0.29) is 6.98 Å². The molecule has 0 saturated carbocycles. The quantitative estimate of drug-likeness (QED) is 0.191. The Morgan fingerprint density at radius 1 is 0.370 bits per heavy atom. The normalized spacial score (nSPS) is 13.4. The lowest BCUT2D eigenvalue weighted by molar-refractivity contribution is 1.26. The van der Waals surface area contributed by atoms with Gasteiger partial charge in [-0.3, -0.25) is 0 Å². The second-order valence-corrected chi connectivity index (χ2v) is 12.5. The molecule has 0 bridgehead atoms. The Hall–Kier alpha value is -5.80. The van der Waals surface area contributed by atoms with Crippen LogP contribution in [0.4, 0.5) is 22.7 Å². The van der Waals surface area contributed by atoms with Gasteiger partial charge >= 0.3 is 6.98 Å². The molecule has 0 aromatic heterocycles. The monoisotopic (exact) mass is 584 g/mol. The van der Waals surface area contributed by atoms with E-state index in [9.17, 15) is 0 Å². The number of para-hydroxylation sites is 3. The first-order chi connectivity index (χ1) is 22.8. The summed E-state index contributed by atoms with van der Waals surface area (Å²) in [7, 11) is 0. The van der Waals surface area contributed by atoms with Crippen molar-refractivity contribution in [1.29, 1.82) is 0 Å². The molecule has 7 aromatic carbocycles. The lowest BCUT2D eigenvalue weighted by Gasteiger charge is -2.47. The molecule has 1 aliphatic carbocycles. The number of rotatable bonds is 3. The molecule has 0 saturated heterocycles. The smallest absolute Gasteiger partial charge is 0.361 e. The maximum absolute atomic E-state index is 2.55. The van der Waals surface area contributed by atoms with Crippen LogP contribution >= 0.6 is 0 Å². The number of hydrogen-bond donors (Lipinski definition) is 0. The molecule has 2 heterocycles. The minimum absolute atomic E-state index is 0.0558. The summed E-state index contributed by atoms with van der Waals surface area (Å²) in [6.45, 7) is -0.0558. The maximum atomic E-state index is 2.55. The van der Waals surface area contributed by atoms with Crippen molar-refractivity contribution in [3.05, 3.63) is 175 Å². The van der Waals surface area contributed by atoms with Gasteiger partial charge in [0.1, 0.15) is 0 Å². The van der Waals surface area contributed by atoms with Gasteiger partial charge < -0.3 is 9.62 Å². The number of fused-ring (bicyclic) bond motifs is 7. The number of anilines is 4. The van der Waals surface area contributed by atoms with Gasteiger partial charge in [0, 0.05) is 33.9 Å². The molecule has 2 nitrogen and oxygen atoms in total. The molecule has 10 rings (SSSR count). The Bertz CT molecular complexity index is 2290. The Morgan fingerprint density at radius 2 is 0.870 bits per heavy atom. The van der Waals surface area contributed by atoms with Crippen molar-refractivity contribution in [3.8, 4) is 44.5 Å². The maximum Gasteiger partial charge on any atom is 0.421 e. The van der Waals surface area contributed by atoms with Crippen LogP contribution < -0.4 is 15.1 Å². The van der Waals surface area contributed by atoms with Gasteiger partial charge in [-0.05, 0) is 92.8 Å². The largest absolute Gasteiger partial charge is 0.421 e. The van der Waals surface area contributed by atoms with Crippen molar-refractivity contribution in [1.82, 2.24) is 0 Å². The molecule has 0 radical (unpaired) electrons. The fourth-order valence-corrected chi connectivity index (χ4v) is 8.15. The summed E-state index contributed by atoms with van der Waals surface area (Å²) in [5.41, 5.74) is 19.5. The van der Waals surface area contributed by atoms with Gasteiger partial charge in [0.05, 0.1) is 0 Å². The van der Waals surface area contributed by atoms with Crippen molar-refractivity contribution in [2.75, 3.05) is 9.62 Å². The van der Waals surface area contributed by atoms with Gasteiger partial charge in [-0.1, -0.05) is 127 Å². The molecule has 0 spiro atoms. The van der Waals surface area contributed by atoms with Crippen LogP contribution in [-0.4, -0.2) is 6.98 Å². The van der Waals surface area contributed by atoms with Gasteiger partial charge in [0.15, 0.2) is 0 Å². The van der Waals surface area contributed by atoms with E-state index in [1.165, 1.54) is 83.8 Å². The fourth-order valence-electron chi connectivity index (χ4n) is 8.15. The van der Waals surface area contributed by atoms with E-state index in [4.69, 9.17) is 0 Å². The summed E-state index contributed by atoms with van der Waals surface area (Å²) in [4.78, 5) is 5.09. The molecule has 0 unspecified atom stereocenters. The third-order valence-corrected chi connectivity index (χ3v) is 10.1. The highest BCUT2D eigenvalue weighted by Gasteiger charge is 2.46. The molecule has 0 atom stereocenters. The molecule has 214 valence electrons. The van der Waals surface area contributed by atoms with E-state index in [0.717, 1.165) is 6.42 Å². The first-order valence-electron chi connectivity index (χ1n) is 16.1. The zero-order chi connectivity index (χ0) is 30.2. The Labute approximate surface area is 270 Å². The standard InChI is InChI=1S/C43H29BN2/c1-2-13-31(14-3-1)45-41-22-8-6-16-36(41)38-20-11-21-39-37-17-7-9-23-42(37)46(44(45)43(38)39)32-26-24-29(25-27-32)33-18-10-19-35-34-15-5-4-12-30(34)28-40(33)35/h1-27H,28H2. The van der Waals surface area contributed by atoms with Gasteiger partial charge in [-0.25, -0.2) is 0 Å². The molecule has 3 heteroatoms. The zero-order valence-corrected chi connectivity index (χ0v) is 25.3. The summed E-state index contributed by atoms with van der Waals surface area (Å²) >= 11 is 0. The van der Waals surface area contributed by atoms with Crippen LogP contribution in [0.1, 0.15) is 11.1 Å². The van der Waals surface area contributed by atoms with Crippen LogP contribution in [0, 0.1) is 0 Å². The lowest BCUT2D eigenvalue weighted by atomic mass is 9.53. The van der Waals surface area contributed by atoms with E-state index >= 15 is 0 Å². The van der Waals surface area contributed by atoms with Crippen molar-refractivity contribution in [2.45, 2.75) is 6.42 Å². The second kappa shape index (κ2) is 9.85. The van der Waals surface area contributed by atoms with Crippen molar-refractivity contribution >= 4 is 35.2 Å². The fraction of sp³-hybridized carbons (Fsp3) is 0.0233. The molecular formula is C43H29BN2. The first-order valence-corrected chi connectivity index (χ1v) is 16.1. The van der Waals surface area contributed by atoms with Crippen LogP contribution in [0.3, 0.4) is 0 Å². The topological polar surface area (TPSA) is 6.48 Å².